The largest absolute Gasteiger partial charge is 0.504 e. The van der Waals surface area contributed by atoms with Crippen molar-refractivity contribution in [3.8, 4) is 11.5 Å². The van der Waals surface area contributed by atoms with Gasteiger partial charge in [0.25, 0.3) is 0 Å². The van der Waals surface area contributed by atoms with E-state index in [4.69, 9.17) is 15.9 Å². The summed E-state index contributed by atoms with van der Waals surface area (Å²) in [6, 6.07) is 3.55. The van der Waals surface area contributed by atoms with E-state index < -0.39 is 12.0 Å². The average molecular weight is 296 g/mol. The number of carboxylic acid groups (broad SMARTS) is 1. The van der Waals surface area contributed by atoms with Crippen LogP contribution in [0.5, 0.6) is 11.5 Å². The van der Waals surface area contributed by atoms with E-state index in [1.807, 2.05) is 0 Å². The summed E-state index contributed by atoms with van der Waals surface area (Å²) in [6.45, 7) is 0.397. The van der Waals surface area contributed by atoms with Crippen LogP contribution in [0.4, 0.5) is 0 Å². The molecule has 0 bridgehead atoms. The second kappa shape index (κ2) is 8.11. The van der Waals surface area contributed by atoms with Crippen LogP contribution in [0.25, 0.3) is 0 Å². The molecule has 0 saturated carbocycles. The van der Waals surface area contributed by atoms with Crippen LogP contribution in [0, 0.1) is 0 Å². The Morgan fingerprint density at radius 3 is 2.57 bits per heavy atom. The fraction of sp³-hybridized carbons (Fsp3) is 0.429. The Bertz CT molecular complexity index is 504. The zero-order valence-corrected chi connectivity index (χ0v) is 11.6. The molecule has 0 heterocycles. The lowest BCUT2D eigenvalue weighted by Crippen LogP contribution is -2.31. The summed E-state index contributed by atoms with van der Waals surface area (Å²) < 4.78 is 0. The van der Waals surface area contributed by atoms with Crippen molar-refractivity contribution in [1.29, 1.82) is 0 Å². The smallest absolute Gasteiger partial charge is 0.320 e. The van der Waals surface area contributed by atoms with E-state index in [9.17, 15) is 14.7 Å². The number of nitrogens with one attached hydrogen (secondary N) is 1. The Balaban J connectivity index is 2.21. The number of rotatable bonds is 8. The predicted octanol–water partition coefficient (Wildman–Crippen LogP) is 0.339. The number of phenols is 2. The van der Waals surface area contributed by atoms with Crippen LogP contribution in [0.1, 0.15) is 24.8 Å². The Hall–Kier alpha value is -2.28. The molecule has 0 radical (unpaired) electrons. The van der Waals surface area contributed by atoms with Gasteiger partial charge in [-0.05, 0) is 37.0 Å². The number of hydrogen-bond acceptors (Lipinski definition) is 5. The molecule has 21 heavy (non-hydrogen) atoms. The first-order valence-electron chi connectivity index (χ1n) is 6.66. The molecule has 0 spiro atoms. The van der Waals surface area contributed by atoms with E-state index in [0.29, 0.717) is 19.4 Å². The highest BCUT2D eigenvalue weighted by atomic mass is 16.4. The van der Waals surface area contributed by atoms with Crippen molar-refractivity contribution in [2.24, 2.45) is 5.73 Å². The second-order valence-corrected chi connectivity index (χ2v) is 4.76. The number of benzene rings is 1. The molecule has 7 heteroatoms. The second-order valence-electron chi connectivity index (χ2n) is 4.76. The first kappa shape index (κ1) is 16.8. The summed E-state index contributed by atoms with van der Waals surface area (Å²) in [4.78, 5) is 22.0. The Morgan fingerprint density at radius 1 is 1.24 bits per heavy atom. The molecule has 0 aliphatic heterocycles. The summed E-state index contributed by atoms with van der Waals surface area (Å²) in [6.07, 6.45) is 1.42. The molecule has 1 atom stereocenters. The van der Waals surface area contributed by atoms with Gasteiger partial charge >= 0.3 is 5.97 Å². The van der Waals surface area contributed by atoms with Gasteiger partial charge in [0.15, 0.2) is 11.5 Å². The monoisotopic (exact) mass is 296 g/mol. The molecular weight excluding hydrogens is 276 g/mol. The van der Waals surface area contributed by atoms with E-state index in [1.165, 1.54) is 12.1 Å². The SMILES string of the molecule is NC(CCCC(=O)NCCc1ccc(O)c(O)c1)C(=O)O. The molecule has 116 valence electrons. The standard InChI is InChI=1S/C14H20N2O5/c15-10(14(20)21)2-1-3-13(19)16-7-6-9-4-5-11(17)12(18)8-9/h4-5,8,10,17-18H,1-3,6-7,15H2,(H,16,19)(H,20,21). The third-order valence-corrected chi connectivity index (χ3v) is 3.01. The Kier molecular flexibility index (Phi) is 6.48. The van der Waals surface area contributed by atoms with Gasteiger partial charge in [-0.3, -0.25) is 9.59 Å². The van der Waals surface area contributed by atoms with Gasteiger partial charge in [-0.25, -0.2) is 0 Å². The van der Waals surface area contributed by atoms with E-state index in [1.54, 1.807) is 6.07 Å². The van der Waals surface area contributed by atoms with Gasteiger partial charge in [0.1, 0.15) is 6.04 Å². The molecule has 7 nitrogen and oxygen atoms in total. The van der Waals surface area contributed by atoms with E-state index in [-0.39, 0.29) is 30.2 Å². The average Bonchev–Trinajstić information content (AvgIpc) is 2.42. The number of aromatic hydroxyl groups is 2. The Labute approximate surface area is 122 Å². The number of nitrogens with two attached hydrogens (primary N) is 1. The number of amides is 1. The zero-order valence-electron chi connectivity index (χ0n) is 11.6. The maximum atomic E-state index is 11.5. The van der Waals surface area contributed by atoms with Crippen molar-refractivity contribution < 1.29 is 24.9 Å². The van der Waals surface area contributed by atoms with E-state index in [2.05, 4.69) is 5.32 Å². The van der Waals surface area contributed by atoms with Crippen LogP contribution in [-0.2, 0) is 16.0 Å². The normalized spacial score (nSPS) is 11.9. The van der Waals surface area contributed by atoms with Crippen molar-refractivity contribution in [1.82, 2.24) is 5.32 Å². The molecule has 1 amide bonds. The quantitative estimate of drug-likeness (QED) is 0.439. The van der Waals surface area contributed by atoms with Crippen molar-refractivity contribution >= 4 is 11.9 Å². The maximum Gasteiger partial charge on any atom is 0.320 e. The molecule has 1 rings (SSSR count). The van der Waals surface area contributed by atoms with Crippen LogP contribution in [0.15, 0.2) is 18.2 Å². The van der Waals surface area contributed by atoms with Gasteiger partial charge in [-0.1, -0.05) is 6.07 Å². The first-order valence-corrected chi connectivity index (χ1v) is 6.66. The van der Waals surface area contributed by atoms with Crippen LogP contribution in [-0.4, -0.2) is 39.8 Å². The lowest BCUT2D eigenvalue weighted by molar-refractivity contribution is -0.138. The molecule has 0 aliphatic carbocycles. The summed E-state index contributed by atoms with van der Waals surface area (Å²) >= 11 is 0. The van der Waals surface area contributed by atoms with Gasteiger partial charge in [-0.2, -0.15) is 0 Å². The molecule has 1 aromatic rings. The summed E-state index contributed by atoms with van der Waals surface area (Å²) in [5.74, 6) is -1.61. The third kappa shape index (κ3) is 6.13. The Morgan fingerprint density at radius 2 is 1.95 bits per heavy atom. The van der Waals surface area contributed by atoms with Gasteiger partial charge in [-0.15, -0.1) is 0 Å². The lowest BCUT2D eigenvalue weighted by atomic mass is 10.1. The molecule has 1 aromatic carbocycles. The predicted molar refractivity (Wildman–Crippen MR) is 75.9 cm³/mol. The topological polar surface area (TPSA) is 133 Å². The minimum absolute atomic E-state index is 0.171. The molecule has 6 N–H and O–H groups in total. The highest BCUT2D eigenvalue weighted by Crippen LogP contribution is 2.24. The molecule has 0 aromatic heterocycles. The van der Waals surface area contributed by atoms with Crippen molar-refractivity contribution in [3.63, 3.8) is 0 Å². The zero-order chi connectivity index (χ0) is 15.8. The summed E-state index contributed by atoms with van der Waals surface area (Å²) in [5.41, 5.74) is 6.12. The van der Waals surface area contributed by atoms with Crippen LogP contribution in [0.3, 0.4) is 0 Å². The van der Waals surface area contributed by atoms with Gasteiger partial charge in [0.05, 0.1) is 0 Å². The lowest BCUT2D eigenvalue weighted by Gasteiger charge is -2.08. The number of carbonyl (C=O) groups is 2. The van der Waals surface area contributed by atoms with Crippen LogP contribution < -0.4 is 11.1 Å². The van der Waals surface area contributed by atoms with Gasteiger partial charge in [0.2, 0.25) is 5.91 Å². The van der Waals surface area contributed by atoms with Crippen molar-refractivity contribution in [2.45, 2.75) is 31.7 Å². The van der Waals surface area contributed by atoms with Crippen LogP contribution in [0.2, 0.25) is 0 Å². The number of phenolic OH excluding ortho intramolecular Hbond substituents is 2. The number of carbonyl (C=O) groups excluding carboxylic acids is 1. The first-order chi connectivity index (χ1) is 9.90. The minimum Gasteiger partial charge on any atom is -0.504 e. The fourth-order valence-electron chi connectivity index (χ4n) is 1.77. The maximum absolute atomic E-state index is 11.5. The minimum atomic E-state index is -1.07. The molecule has 0 aliphatic rings. The number of carboxylic acids is 1. The summed E-state index contributed by atoms with van der Waals surface area (Å²) in [7, 11) is 0. The molecule has 1 unspecified atom stereocenters. The highest BCUT2D eigenvalue weighted by molar-refractivity contribution is 5.76. The van der Waals surface area contributed by atoms with Crippen LogP contribution >= 0.6 is 0 Å². The number of hydrogen-bond donors (Lipinski definition) is 5. The molecule has 0 saturated heterocycles. The molecule has 0 fully saturated rings. The van der Waals surface area contributed by atoms with Gasteiger partial charge in [0, 0.05) is 13.0 Å². The van der Waals surface area contributed by atoms with Gasteiger partial charge < -0.3 is 26.4 Å². The van der Waals surface area contributed by atoms with E-state index >= 15 is 0 Å². The number of aliphatic carboxylic acids is 1. The van der Waals surface area contributed by atoms with Crippen molar-refractivity contribution in [2.75, 3.05) is 6.54 Å². The molecular formula is C14H20N2O5. The van der Waals surface area contributed by atoms with E-state index in [0.717, 1.165) is 5.56 Å². The fourth-order valence-corrected chi connectivity index (χ4v) is 1.77. The summed E-state index contributed by atoms with van der Waals surface area (Å²) in [5, 5.41) is 29.8. The van der Waals surface area contributed by atoms with Crippen molar-refractivity contribution in [3.05, 3.63) is 23.8 Å². The highest BCUT2D eigenvalue weighted by Gasteiger charge is 2.11. The third-order valence-electron chi connectivity index (χ3n) is 3.01.